The van der Waals surface area contributed by atoms with Crippen LogP contribution in [0.1, 0.15) is 39.5 Å². The average molecular weight is 227 g/mol. The van der Waals surface area contributed by atoms with E-state index in [-0.39, 0.29) is 11.9 Å². The smallest absolute Gasteiger partial charge is 0.221 e. The van der Waals surface area contributed by atoms with Crippen molar-refractivity contribution in [2.75, 3.05) is 13.6 Å². The highest BCUT2D eigenvalue weighted by atomic mass is 16.1. The molecule has 1 aliphatic rings. The number of carbonyl (C=O) groups is 1. The molecule has 0 heterocycles. The van der Waals surface area contributed by atoms with Crippen LogP contribution >= 0.6 is 0 Å². The molecule has 0 aromatic rings. The summed E-state index contributed by atoms with van der Waals surface area (Å²) in [4.78, 5) is 11.3. The predicted molar refractivity (Wildman–Crippen MR) is 66.1 cm³/mol. The number of nitrogens with two attached hydrogens (primary N) is 1. The lowest BCUT2D eigenvalue weighted by Crippen LogP contribution is -2.44. The van der Waals surface area contributed by atoms with Crippen molar-refractivity contribution in [3.63, 3.8) is 0 Å². The molecule has 0 spiro atoms. The zero-order valence-corrected chi connectivity index (χ0v) is 10.7. The molecule has 0 aliphatic heterocycles. The highest BCUT2D eigenvalue weighted by Gasteiger charge is 2.31. The van der Waals surface area contributed by atoms with Crippen LogP contribution in [0.5, 0.6) is 0 Å². The van der Waals surface area contributed by atoms with Gasteiger partial charge in [-0.15, -0.1) is 0 Å². The third kappa shape index (κ3) is 4.10. The second-order valence-corrected chi connectivity index (χ2v) is 5.58. The number of rotatable bonds is 5. The van der Waals surface area contributed by atoms with Gasteiger partial charge in [0, 0.05) is 32.1 Å². The molecule has 0 aromatic heterocycles. The highest BCUT2D eigenvalue weighted by Crippen LogP contribution is 2.37. The molecular weight excluding hydrogens is 202 g/mol. The third-order valence-corrected chi connectivity index (χ3v) is 3.44. The van der Waals surface area contributed by atoms with Crippen LogP contribution in [-0.4, -0.2) is 31.6 Å². The maximum atomic E-state index is 11.3. The Morgan fingerprint density at radius 2 is 2.25 bits per heavy atom. The fourth-order valence-electron chi connectivity index (χ4n) is 2.45. The SMILES string of the molecule is CNC(=O)CC(CN)NC1CCC(C)(C)C1. The topological polar surface area (TPSA) is 67.2 Å². The van der Waals surface area contributed by atoms with E-state index in [1.165, 1.54) is 19.3 Å². The minimum Gasteiger partial charge on any atom is -0.359 e. The van der Waals surface area contributed by atoms with Crippen molar-refractivity contribution in [1.82, 2.24) is 10.6 Å². The molecule has 1 amide bonds. The van der Waals surface area contributed by atoms with Gasteiger partial charge in [-0.3, -0.25) is 4.79 Å². The van der Waals surface area contributed by atoms with Gasteiger partial charge < -0.3 is 16.4 Å². The van der Waals surface area contributed by atoms with E-state index in [9.17, 15) is 4.79 Å². The first-order valence-electron chi connectivity index (χ1n) is 6.13. The average Bonchev–Trinajstić information content (AvgIpc) is 2.56. The molecule has 4 N–H and O–H groups in total. The molecule has 0 saturated heterocycles. The number of amides is 1. The van der Waals surface area contributed by atoms with Crippen LogP contribution in [0.15, 0.2) is 0 Å². The number of hydrogen-bond acceptors (Lipinski definition) is 3. The number of nitrogens with one attached hydrogen (secondary N) is 2. The lowest BCUT2D eigenvalue weighted by molar-refractivity contribution is -0.121. The van der Waals surface area contributed by atoms with Crippen molar-refractivity contribution >= 4 is 5.91 Å². The van der Waals surface area contributed by atoms with Crippen LogP contribution in [0.3, 0.4) is 0 Å². The van der Waals surface area contributed by atoms with Gasteiger partial charge in [-0.25, -0.2) is 0 Å². The minimum absolute atomic E-state index is 0.0557. The van der Waals surface area contributed by atoms with E-state index in [0.717, 1.165) is 0 Å². The molecule has 4 heteroatoms. The van der Waals surface area contributed by atoms with Crippen LogP contribution in [0, 0.1) is 5.41 Å². The first-order chi connectivity index (χ1) is 7.46. The van der Waals surface area contributed by atoms with Crippen LogP contribution in [0.2, 0.25) is 0 Å². The summed E-state index contributed by atoms with van der Waals surface area (Å²) >= 11 is 0. The van der Waals surface area contributed by atoms with E-state index in [4.69, 9.17) is 5.73 Å². The minimum atomic E-state index is 0.0557. The van der Waals surface area contributed by atoms with Gasteiger partial charge in [0.2, 0.25) is 5.91 Å². The number of hydrogen-bond donors (Lipinski definition) is 3. The molecule has 0 aromatic carbocycles. The Hall–Kier alpha value is -0.610. The first kappa shape index (κ1) is 13.5. The summed E-state index contributed by atoms with van der Waals surface area (Å²) in [6, 6.07) is 0.632. The van der Waals surface area contributed by atoms with Gasteiger partial charge in [-0.05, 0) is 24.7 Å². The molecule has 0 radical (unpaired) electrons. The molecule has 4 nitrogen and oxygen atoms in total. The van der Waals surface area contributed by atoms with E-state index in [1.807, 2.05) is 0 Å². The van der Waals surface area contributed by atoms with Gasteiger partial charge in [-0.1, -0.05) is 13.8 Å². The van der Waals surface area contributed by atoms with Crippen molar-refractivity contribution in [1.29, 1.82) is 0 Å². The predicted octanol–water partition coefficient (Wildman–Crippen LogP) is 0.618. The molecular formula is C12H25N3O. The Morgan fingerprint density at radius 3 is 2.69 bits per heavy atom. The first-order valence-corrected chi connectivity index (χ1v) is 6.13. The van der Waals surface area contributed by atoms with Crippen molar-refractivity contribution in [2.24, 2.45) is 11.1 Å². The fourth-order valence-corrected chi connectivity index (χ4v) is 2.45. The fraction of sp³-hybridized carbons (Fsp3) is 0.917. The quantitative estimate of drug-likeness (QED) is 0.645. The van der Waals surface area contributed by atoms with Gasteiger partial charge in [0.1, 0.15) is 0 Å². The highest BCUT2D eigenvalue weighted by molar-refractivity contribution is 5.76. The van der Waals surface area contributed by atoms with Gasteiger partial charge in [0.15, 0.2) is 0 Å². The summed E-state index contributed by atoms with van der Waals surface area (Å²) in [6.07, 6.45) is 4.10. The number of carbonyl (C=O) groups excluding carboxylic acids is 1. The Morgan fingerprint density at radius 1 is 1.56 bits per heavy atom. The van der Waals surface area contributed by atoms with E-state index < -0.39 is 0 Å². The monoisotopic (exact) mass is 227 g/mol. The maximum absolute atomic E-state index is 11.3. The molecule has 2 atom stereocenters. The van der Waals surface area contributed by atoms with E-state index in [2.05, 4.69) is 24.5 Å². The molecule has 16 heavy (non-hydrogen) atoms. The summed E-state index contributed by atoms with van der Waals surface area (Å²) < 4.78 is 0. The van der Waals surface area contributed by atoms with Gasteiger partial charge in [0.05, 0.1) is 0 Å². The lowest BCUT2D eigenvalue weighted by Gasteiger charge is -2.22. The zero-order chi connectivity index (χ0) is 12.2. The standard InChI is InChI=1S/C12H25N3O/c1-12(2)5-4-9(7-12)15-10(8-13)6-11(16)14-3/h9-10,15H,4-8,13H2,1-3H3,(H,14,16). The Bertz CT molecular complexity index is 240. The summed E-state index contributed by atoms with van der Waals surface area (Å²) in [6.45, 7) is 5.11. The van der Waals surface area contributed by atoms with Crippen LogP contribution < -0.4 is 16.4 Å². The molecule has 94 valence electrons. The molecule has 1 fully saturated rings. The molecule has 1 saturated carbocycles. The second-order valence-electron chi connectivity index (χ2n) is 5.58. The largest absolute Gasteiger partial charge is 0.359 e. The van der Waals surface area contributed by atoms with Crippen molar-refractivity contribution in [2.45, 2.75) is 51.6 Å². The normalized spacial score (nSPS) is 25.4. The van der Waals surface area contributed by atoms with E-state index >= 15 is 0 Å². The summed E-state index contributed by atoms with van der Waals surface area (Å²) in [7, 11) is 1.66. The Balaban J connectivity index is 2.36. The molecule has 2 unspecified atom stereocenters. The summed E-state index contributed by atoms with van der Waals surface area (Å²) in [5.41, 5.74) is 6.11. The zero-order valence-electron chi connectivity index (χ0n) is 10.7. The van der Waals surface area contributed by atoms with Crippen LogP contribution in [-0.2, 0) is 4.79 Å². The Kier molecular flexibility index (Phi) is 4.74. The van der Waals surface area contributed by atoms with Crippen LogP contribution in [0.25, 0.3) is 0 Å². The van der Waals surface area contributed by atoms with Crippen LogP contribution in [0.4, 0.5) is 0 Å². The maximum Gasteiger partial charge on any atom is 0.221 e. The van der Waals surface area contributed by atoms with E-state index in [1.54, 1.807) is 7.05 Å². The van der Waals surface area contributed by atoms with Gasteiger partial charge in [-0.2, -0.15) is 0 Å². The van der Waals surface area contributed by atoms with Crippen molar-refractivity contribution in [3.8, 4) is 0 Å². The van der Waals surface area contributed by atoms with E-state index in [0.29, 0.717) is 24.4 Å². The van der Waals surface area contributed by atoms with Crippen molar-refractivity contribution < 1.29 is 4.79 Å². The molecule has 1 aliphatic carbocycles. The lowest BCUT2D eigenvalue weighted by atomic mass is 9.92. The third-order valence-electron chi connectivity index (χ3n) is 3.44. The van der Waals surface area contributed by atoms with Gasteiger partial charge in [0.25, 0.3) is 0 Å². The summed E-state index contributed by atoms with van der Waals surface area (Å²) in [5, 5.41) is 6.14. The Labute approximate surface area is 98.3 Å². The van der Waals surface area contributed by atoms with Crippen molar-refractivity contribution in [3.05, 3.63) is 0 Å². The second kappa shape index (κ2) is 5.64. The molecule has 0 bridgehead atoms. The molecule has 1 rings (SSSR count). The van der Waals surface area contributed by atoms with Gasteiger partial charge >= 0.3 is 0 Å². The summed E-state index contributed by atoms with van der Waals surface area (Å²) in [5.74, 6) is 0.0557.